The fourth-order valence-electron chi connectivity index (χ4n) is 4.51. The standard InChI is InChI=1S/C21H22F4N4O/c22-16-4-2-15(3-5-16)13-29-19(30)6-8-20(29)7-1-10-28(11-9-20)18-12-17(21(23,24)25)26-14-27-18/h2-5,12,14H,1,6-11,13H2/t20-/m0/s1. The van der Waals surface area contributed by atoms with Gasteiger partial charge in [-0.25, -0.2) is 14.4 Å². The molecule has 0 radical (unpaired) electrons. The molecule has 0 saturated carbocycles. The molecule has 0 aliphatic carbocycles. The van der Waals surface area contributed by atoms with Crippen molar-refractivity contribution in [3.63, 3.8) is 0 Å². The van der Waals surface area contributed by atoms with E-state index in [9.17, 15) is 22.4 Å². The first kappa shape index (κ1) is 20.6. The van der Waals surface area contributed by atoms with Gasteiger partial charge in [-0.3, -0.25) is 4.79 Å². The molecule has 1 amide bonds. The Morgan fingerprint density at radius 3 is 2.53 bits per heavy atom. The Labute approximate surface area is 171 Å². The number of carbonyl (C=O) groups excluding carboxylic acids is 1. The van der Waals surface area contributed by atoms with Gasteiger partial charge in [0.2, 0.25) is 5.91 Å². The molecule has 2 saturated heterocycles. The molecule has 1 atom stereocenters. The fraction of sp³-hybridized carbons (Fsp3) is 0.476. The van der Waals surface area contributed by atoms with Gasteiger partial charge >= 0.3 is 6.18 Å². The zero-order valence-corrected chi connectivity index (χ0v) is 16.3. The minimum Gasteiger partial charge on any atom is -0.356 e. The molecule has 30 heavy (non-hydrogen) atoms. The summed E-state index contributed by atoms with van der Waals surface area (Å²) in [7, 11) is 0. The molecule has 2 aliphatic heterocycles. The number of likely N-dealkylation sites (tertiary alicyclic amines) is 1. The number of carbonyl (C=O) groups is 1. The van der Waals surface area contributed by atoms with Crippen LogP contribution in [0.5, 0.6) is 0 Å². The van der Waals surface area contributed by atoms with E-state index < -0.39 is 11.9 Å². The first-order valence-electron chi connectivity index (χ1n) is 9.96. The minimum absolute atomic E-state index is 0.0640. The number of benzene rings is 1. The molecule has 0 unspecified atom stereocenters. The van der Waals surface area contributed by atoms with E-state index in [1.165, 1.54) is 12.1 Å². The summed E-state index contributed by atoms with van der Waals surface area (Å²) in [6.45, 7) is 1.47. The highest BCUT2D eigenvalue weighted by molar-refractivity contribution is 5.79. The summed E-state index contributed by atoms with van der Waals surface area (Å²) in [5.41, 5.74) is -0.432. The Kier molecular flexibility index (Phi) is 5.38. The summed E-state index contributed by atoms with van der Waals surface area (Å²) in [5.74, 6) is -0.00708. The van der Waals surface area contributed by atoms with Crippen molar-refractivity contribution < 1.29 is 22.4 Å². The maximum absolute atomic E-state index is 13.2. The van der Waals surface area contributed by atoms with Gasteiger partial charge in [0.25, 0.3) is 0 Å². The van der Waals surface area contributed by atoms with Gasteiger partial charge in [0.1, 0.15) is 23.7 Å². The number of hydrogen-bond donors (Lipinski definition) is 0. The quantitative estimate of drug-likeness (QED) is 0.697. The summed E-state index contributed by atoms with van der Waals surface area (Å²) >= 11 is 0. The van der Waals surface area contributed by atoms with Crippen LogP contribution in [0.3, 0.4) is 0 Å². The molecule has 9 heteroatoms. The second-order valence-electron chi connectivity index (χ2n) is 7.93. The highest BCUT2D eigenvalue weighted by atomic mass is 19.4. The van der Waals surface area contributed by atoms with Gasteiger partial charge in [0.05, 0.1) is 0 Å². The van der Waals surface area contributed by atoms with Crippen molar-refractivity contribution in [3.8, 4) is 0 Å². The van der Waals surface area contributed by atoms with Crippen LogP contribution in [0, 0.1) is 5.82 Å². The van der Waals surface area contributed by atoms with Crippen molar-refractivity contribution in [1.82, 2.24) is 14.9 Å². The first-order chi connectivity index (χ1) is 14.3. The summed E-state index contributed by atoms with van der Waals surface area (Å²) in [5, 5.41) is 0. The molecule has 160 valence electrons. The monoisotopic (exact) mass is 422 g/mol. The number of halogens is 4. The molecule has 5 nitrogen and oxygen atoms in total. The fourth-order valence-corrected chi connectivity index (χ4v) is 4.51. The molecule has 1 spiro atoms. The van der Waals surface area contributed by atoms with Crippen molar-refractivity contribution in [2.75, 3.05) is 18.0 Å². The number of aromatic nitrogens is 2. The number of nitrogens with zero attached hydrogens (tertiary/aromatic N) is 4. The van der Waals surface area contributed by atoms with Gasteiger partial charge in [-0.2, -0.15) is 13.2 Å². The Hall–Kier alpha value is -2.71. The zero-order chi connectivity index (χ0) is 21.4. The average molecular weight is 422 g/mol. The molecule has 2 aliphatic rings. The lowest BCUT2D eigenvalue weighted by atomic mass is 9.87. The number of rotatable bonds is 3. The number of hydrogen-bond acceptors (Lipinski definition) is 4. The van der Waals surface area contributed by atoms with Crippen LogP contribution in [0.25, 0.3) is 0 Å². The van der Waals surface area contributed by atoms with E-state index in [0.29, 0.717) is 32.5 Å². The Morgan fingerprint density at radius 1 is 1.03 bits per heavy atom. The molecular weight excluding hydrogens is 400 g/mol. The summed E-state index contributed by atoms with van der Waals surface area (Å²) in [6, 6.07) is 7.10. The molecule has 2 aromatic rings. The highest BCUT2D eigenvalue weighted by Crippen LogP contribution is 2.41. The maximum atomic E-state index is 13.2. The largest absolute Gasteiger partial charge is 0.433 e. The SMILES string of the molecule is O=C1CC[C@]2(CCCN(c3cc(C(F)(F)F)ncn3)CC2)N1Cc1ccc(F)cc1. The van der Waals surface area contributed by atoms with Crippen molar-refractivity contribution in [2.45, 2.75) is 50.4 Å². The predicted octanol–water partition coefficient (Wildman–Crippen LogP) is 4.19. The topological polar surface area (TPSA) is 49.3 Å². The molecule has 1 aromatic heterocycles. The Balaban J connectivity index is 1.52. The van der Waals surface area contributed by atoms with Crippen LogP contribution in [0.1, 0.15) is 43.4 Å². The van der Waals surface area contributed by atoms with Gasteiger partial charge in [-0.15, -0.1) is 0 Å². The van der Waals surface area contributed by atoms with Gasteiger partial charge in [-0.1, -0.05) is 12.1 Å². The van der Waals surface area contributed by atoms with Crippen LogP contribution in [0.4, 0.5) is 23.4 Å². The molecule has 4 rings (SSSR count). The minimum atomic E-state index is -4.52. The van der Waals surface area contributed by atoms with Crippen LogP contribution >= 0.6 is 0 Å². The molecule has 0 bridgehead atoms. The second-order valence-corrected chi connectivity index (χ2v) is 7.93. The van der Waals surface area contributed by atoms with Crippen molar-refractivity contribution >= 4 is 11.7 Å². The van der Waals surface area contributed by atoms with Gasteiger partial charge in [-0.05, 0) is 43.4 Å². The predicted molar refractivity (Wildman–Crippen MR) is 102 cm³/mol. The normalized spacial score (nSPS) is 22.6. The van der Waals surface area contributed by atoms with E-state index in [0.717, 1.165) is 37.2 Å². The van der Waals surface area contributed by atoms with Crippen LogP contribution < -0.4 is 4.90 Å². The summed E-state index contributed by atoms with van der Waals surface area (Å²) in [4.78, 5) is 23.7. The number of amides is 1. The molecule has 1 aromatic carbocycles. The van der Waals surface area contributed by atoms with E-state index in [1.54, 1.807) is 12.1 Å². The molecule has 2 fully saturated rings. The molecular formula is C21H22F4N4O. The van der Waals surface area contributed by atoms with E-state index >= 15 is 0 Å². The summed E-state index contributed by atoms with van der Waals surface area (Å²) in [6.07, 6.45) is -0.254. The maximum Gasteiger partial charge on any atom is 0.433 e. The lowest BCUT2D eigenvalue weighted by Gasteiger charge is -2.38. The van der Waals surface area contributed by atoms with Crippen LogP contribution in [0.2, 0.25) is 0 Å². The van der Waals surface area contributed by atoms with E-state index in [2.05, 4.69) is 9.97 Å². The van der Waals surface area contributed by atoms with E-state index in [1.807, 2.05) is 9.80 Å². The third kappa shape index (κ3) is 4.11. The summed E-state index contributed by atoms with van der Waals surface area (Å²) < 4.78 is 52.2. The average Bonchev–Trinajstić information content (AvgIpc) is 2.89. The van der Waals surface area contributed by atoms with Crippen LogP contribution in [-0.2, 0) is 17.5 Å². The van der Waals surface area contributed by atoms with Gasteiger partial charge in [0, 0.05) is 37.7 Å². The van der Waals surface area contributed by atoms with Crippen molar-refractivity contribution in [1.29, 1.82) is 0 Å². The van der Waals surface area contributed by atoms with Crippen molar-refractivity contribution in [3.05, 3.63) is 53.7 Å². The van der Waals surface area contributed by atoms with Gasteiger partial charge in [0.15, 0.2) is 0 Å². The second kappa shape index (κ2) is 7.85. The third-order valence-corrected chi connectivity index (χ3v) is 6.12. The van der Waals surface area contributed by atoms with E-state index in [-0.39, 0.29) is 23.1 Å². The lowest BCUT2D eigenvalue weighted by Crippen LogP contribution is -2.46. The zero-order valence-electron chi connectivity index (χ0n) is 16.3. The van der Waals surface area contributed by atoms with Crippen molar-refractivity contribution in [2.24, 2.45) is 0 Å². The Morgan fingerprint density at radius 2 is 1.80 bits per heavy atom. The lowest BCUT2D eigenvalue weighted by molar-refractivity contribution is -0.141. The number of anilines is 1. The smallest absolute Gasteiger partial charge is 0.356 e. The van der Waals surface area contributed by atoms with Crippen LogP contribution in [-0.4, -0.2) is 39.4 Å². The third-order valence-electron chi connectivity index (χ3n) is 6.12. The van der Waals surface area contributed by atoms with E-state index in [4.69, 9.17) is 0 Å². The Bertz CT molecular complexity index is 918. The first-order valence-corrected chi connectivity index (χ1v) is 9.96. The van der Waals surface area contributed by atoms with Gasteiger partial charge < -0.3 is 9.80 Å². The highest BCUT2D eigenvalue weighted by Gasteiger charge is 2.45. The number of alkyl halides is 3. The van der Waals surface area contributed by atoms with Crippen LogP contribution in [0.15, 0.2) is 36.7 Å². The molecule has 0 N–H and O–H groups in total. The molecule has 3 heterocycles.